The lowest BCUT2D eigenvalue weighted by Gasteiger charge is -2.29. The minimum atomic E-state index is -3.66. The number of sulfonamides is 1. The molecule has 3 heterocycles. The minimum Gasteiger partial charge on any atom is -0.504 e. The number of benzene rings is 1. The zero-order valence-electron chi connectivity index (χ0n) is 19.2. The molecule has 184 valence electrons. The summed E-state index contributed by atoms with van der Waals surface area (Å²) in [5, 5.41) is 13.6. The molecule has 2 aromatic heterocycles. The van der Waals surface area contributed by atoms with Crippen molar-refractivity contribution in [2.45, 2.75) is 19.4 Å². The molecule has 0 bridgehead atoms. The van der Waals surface area contributed by atoms with Crippen molar-refractivity contribution in [3.05, 3.63) is 59.2 Å². The summed E-state index contributed by atoms with van der Waals surface area (Å²) in [6.07, 6.45) is 2.56. The largest absolute Gasteiger partial charge is 0.504 e. The van der Waals surface area contributed by atoms with E-state index in [4.69, 9.17) is 0 Å². The van der Waals surface area contributed by atoms with Crippen molar-refractivity contribution in [1.82, 2.24) is 20.2 Å². The van der Waals surface area contributed by atoms with Crippen molar-refractivity contribution >= 4 is 38.6 Å². The zero-order chi connectivity index (χ0) is 25.3. The molecule has 0 aliphatic carbocycles. The van der Waals surface area contributed by atoms with Crippen LogP contribution in [-0.4, -0.2) is 66.6 Å². The molecule has 3 aromatic rings. The second kappa shape index (κ2) is 9.45. The summed E-state index contributed by atoms with van der Waals surface area (Å²) in [4.78, 5) is 35.2. The zero-order valence-corrected chi connectivity index (χ0v) is 20.0. The Kier molecular flexibility index (Phi) is 6.57. The SMILES string of the molecule is CNC(=O)c1cc(F)ccc1CN(C)C(=O)c1nc(N2CCCCS2(=O)=O)c2cccnc2c1O. The van der Waals surface area contributed by atoms with E-state index in [0.29, 0.717) is 23.8 Å². The van der Waals surface area contributed by atoms with Gasteiger partial charge in [0.1, 0.15) is 11.3 Å². The number of hydrogen-bond donors (Lipinski definition) is 2. The summed E-state index contributed by atoms with van der Waals surface area (Å²) in [5.74, 6) is -2.36. The van der Waals surface area contributed by atoms with Gasteiger partial charge in [-0.1, -0.05) is 6.07 Å². The first-order valence-electron chi connectivity index (χ1n) is 10.9. The highest BCUT2D eigenvalue weighted by molar-refractivity contribution is 7.92. The van der Waals surface area contributed by atoms with Crippen LogP contribution in [0.5, 0.6) is 5.75 Å². The summed E-state index contributed by atoms with van der Waals surface area (Å²) < 4.78 is 40.4. The molecular weight excluding hydrogens is 477 g/mol. The van der Waals surface area contributed by atoms with Crippen molar-refractivity contribution in [3.8, 4) is 5.75 Å². The molecule has 0 radical (unpaired) electrons. The van der Waals surface area contributed by atoms with Crippen LogP contribution in [0, 0.1) is 5.82 Å². The summed E-state index contributed by atoms with van der Waals surface area (Å²) in [6.45, 7) is 0.0965. The molecule has 1 aliphatic rings. The number of nitrogens with one attached hydrogen (secondary N) is 1. The molecule has 10 nitrogen and oxygen atoms in total. The van der Waals surface area contributed by atoms with Crippen LogP contribution in [0.15, 0.2) is 36.5 Å². The molecular formula is C23H24FN5O5S. The molecule has 0 saturated carbocycles. The van der Waals surface area contributed by atoms with Crippen molar-refractivity contribution in [3.63, 3.8) is 0 Å². The Labute approximate surface area is 201 Å². The lowest BCUT2D eigenvalue weighted by atomic mass is 10.1. The van der Waals surface area contributed by atoms with E-state index in [0.717, 1.165) is 10.4 Å². The molecule has 1 aromatic carbocycles. The maximum Gasteiger partial charge on any atom is 0.276 e. The Morgan fingerprint density at radius 1 is 1.26 bits per heavy atom. The van der Waals surface area contributed by atoms with E-state index in [1.807, 2.05) is 0 Å². The van der Waals surface area contributed by atoms with Crippen LogP contribution in [0.3, 0.4) is 0 Å². The van der Waals surface area contributed by atoms with Gasteiger partial charge in [-0.2, -0.15) is 0 Å². The van der Waals surface area contributed by atoms with Gasteiger partial charge in [0.05, 0.1) is 5.75 Å². The summed E-state index contributed by atoms with van der Waals surface area (Å²) in [6, 6.07) is 6.81. The fourth-order valence-corrected chi connectivity index (χ4v) is 5.61. The van der Waals surface area contributed by atoms with Gasteiger partial charge in [-0.3, -0.25) is 18.9 Å². The van der Waals surface area contributed by atoms with Gasteiger partial charge < -0.3 is 15.3 Å². The third kappa shape index (κ3) is 4.61. The van der Waals surface area contributed by atoms with E-state index in [-0.39, 0.29) is 41.4 Å². The molecule has 2 N–H and O–H groups in total. The highest BCUT2D eigenvalue weighted by atomic mass is 32.2. The number of pyridine rings is 2. The molecule has 35 heavy (non-hydrogen) atoms. The monoisotopic (exact) mass is 501 g/mol. The van der Waals surface area contributed by atoms with Crippen LogP contribution in [0.4, 0.5) is 10.2 Å². The first-order chi connectivity index (χ1) is 16.6. The maximum absolute atomic E-state index is 13.7. The van der Waals surface area contributed by atoms with Gasteiger partial charge in [-0.25, -0.2) is 17.8 Å². The quantitative estimate of drug-likeness (QED) is 0.547. The topological polar surface area (TPSA) is 133 Å². The third-order valence-corrected chi connectivity index (χ3v) is 7.63. The number of carbonyl (C=O) groups excluding carboxylic acids is 2. The maximum atomic E-state index is 13.7. The van der Waals surface area contributed by atoms with Crippen molar-refractivity contribution in [2.75, 3.05) is 30.7 Å². The number of aromatic hydroxyl groups is 1. The third-order valence-electron chi connectivity index (χ3n) is 5.80. The first kappa shape index (κ1) is 24.3. The number of rotatable bonds is 5. The smallest absolute Gasteiger partial charge is 0.276 e. The normalized spacial score (nSPS) is 15.1. The summed E-state index contributed by atoms with van der Waals surface area (Å²) in [5.41, 5.74) is 0.101. The van der Waals surface area contributed by atoms with E-state index in [2.05, 4.69) is 15.3 Å². The minimum absolute atomic E-state index is 0.0233. The average molecular weight is 502 g/mol. The number of nitrogens with zero attached hydrogens (tertiary/aromatic N) is 4. The molecule has 4 rings (SSSR count). The van der Waals surface area contributed by atoms with Crippen LogP contribution in [0.25, 0.3) is 10.9 Å². The van der Waals surface area contributed by atoms with Gasteiger partial charge in [-0.05, 0) is 42.7 Å². The number of halogens is 1. The first-order valence-corrected chi connectivity index (χ1v) is 12.5. The fourth-order valence-electron chi connectivity index (χ4n) is 4.01. The van der Waals surface area contributed by atoms with Gasteiger partial charge >= 0.3 is 0 Å². The summed E-state index contributed by atoms with van der Waals surface area (Å²) >= 11 is 0. The number of fused-ring (bicyclic) bond motifs is 1. The van der Waals surface area contributed by atoms with Gasteiger partial charge in [0, 0.05) is 44.3 Å². The van der Waals surface area contributed by atoms with Gasteiger partial charge in [0.2, 0.25) is 10.0 Å². The standard InChI is InChI=1S/C23H24FN5O5S/c1-25-22(31)17-12-15(24)8-7-14(17)13-28(2)23(32)19-20(30)18-16(6-5-9-26-18)21(27-19)29-10-3-4-11-35(29,33)34/h5-9,12,30H,3-4,10-11,13H2,1-2H3,(H,25,31). The molecule has 1 fully saturated rings. The van der Waals surface area contributed by atoms with E-state index >= 15 is 0 Å². The van der Waals surface area contributed by atoms with Gasteiger partial charge in [0.25, 0.3) is 11.8 Å². The lowest BCUT2D eigenvalue weighted by Crippen LogP contribution is -2.39. The fraction of sp³-hybridized carbons (Fsp3) is 0.304. The van der Waals surface area contributed by atoms with E-state index in [1.54, 1.807) is 12.1 Å². The van der Waals surface area contributed by atoms with Crippen LogP contribution in [-0.2, 0) is 16.6 Å². The Morgan fingerprint density at radius 2 is 2.03 bits per heavy atom. The number of aromatic nitrogens is 2. The Morgan fingerprint density at radius 3 is 2.74 bits per heavy atom. The number of carbonyl (C=O) groups is 2. The molecule has 0 spiro atoms. The number of hydrogen-bond acceptors (Lipinski definition) is 7. The molecule has 0 atom stereocenters. The molecule has 2 amide bonds. The van der Waals surface area contributed by atoms with E-state index in [1.165, 1.54) is 37.3 Å². The van der Waals surface area contributed by atoms with E-state index in [9.17, 15) is 27.5 Å². The van der Waals surface area contributed by atoms with Crippen LogP contribution in [0.2, 0.25) is 0 Å². The molecule has 0 unspecified atom stereocenters. The highest BCUT2D eigenvalue weighted by Gasteiger charge is 2.32. The Bertz CT molecular complexity index is 1430. The second-order valence-electron chi connectivity index (χ2n) is 8.17. The van der Waals surface area contributed by atoms with Crippen molar-refractivity contribution in [2.24, 2.45) is 0 Å². The van der Waals surface area contributed by atoms with Crippen LogP contribution in [0.1, 0.15) is 39.3 Å². The van der Waals surface area contributed by atoms with E-state index < -0.39 is 33.4 Å². The molecule has 1 aliphatic heterocycles. The van der Waals surface area contributed by atoms with Crippen molar-refractivity contribution < 1.29 is 27.5 Å². The molecule has 1 saturated heterocycles. The second-order valence-corrected chi connectivity index (χ2v) is 10.2. The van der Waals surface area contributed by atoms with Crippen molar-refractivity contribution in [1.29, 1.82) is 0 Å². The predicted molar refractivity (Wildman–Crippen MR) is 127 cm³/mol. The molecule has 12 heteroatoms. The lowest BCUT2D eigenvalue weighted by molar-refractivity contribution is 0.0773. The van der Waals surface area contributed by atoms with Crippen LogP contribution >= 0.6 is 0 Å². The van der Waals surface area contributed by atoms with Gasteiger partial charge in [-0.15, -0.1) is 0 Å². The highest BCUT2D eigenvalue weighted by Crippen LogP contribution is 2.35. The number of amides is 2. The van der Waals surface area contributed by atoms with Crippen LogP contribution < -0.4 is 9.62 Å². The summed E-state index contributed by atoms with van der Waals surface area (Å²) in [7, 11) is -0.818. The van der Waals surface area contributed by atoms with Gasteiger partial charge in [0.15, 0.2) is 17.3 Å². The predicted octanol–water partition coefficient (Wildman–Crippen LogP) is 2.04. The Balaban J connectivity index is 1.77. The Hall–Kier alpha value is -3.80. The average Bonchev–Trinajstić information content (AvgIpc) is 2.84. The number of anilines is 1.